The fraction of sp³-hybridized carbons (Fsp3) is 0.625. The van der Waals surface area contributed by atoms with Crippen molar-refractivity contribution in [1.29, 1.82) is 0 Å². The van der Waals surface area contributed by atoms with Crippen molar-refractivity contribution in [2.24, 2.45) is 0 Å². The summed E-state index contributed by atoms with van der Waals surface area (Å²) in [6, 6.07) is 6.88. The van der Waals surface area contributed by atoms with Crippen molar-refractivity contribution in [3.05, 3.63) is 34.9 Å². The highest BCUT2D eigenvalue weighted by Gasteiger charge is 2.15. The first-order valence-electron chi connectivity index (χ1n) is 7.10. The second-order valence-corrected chi connectivity index (χ2v) is 7.38. The van der Waals surface area contributed by atoms with E-state index in [4.69, 9.17) is 0 Å². The molecule has 1 rings (SSSR count). The standard InChI is InChI=1S/C16H27NOS/c1-6-17-14(4)10-15(5)19(18)11-16-8-12(2)7-13(3)9-16/h7-9,14-15,17H,6,10-11H2,1-5H3. The van der Waals surface area contributed by atoms with Gasteiger partial charge < -0.3 is 5.32 Å². The Morgan fingerprint density at radius 1 is 1.16 bits per heavy atom. The molecular weight excluding hydrogens is 254 g/mol. The lowest BCUT2D eigenvalue weighted by molar-refractivity contribution is 0.524. The SMILES string of the molecule is CCNC(C)CC(C)S(=O)Cc1cc(C)cc(C)c1. The molecule has 3 unspecified atom stereocenters. The van der Waals surface area contributed by atoms with Crippen molar-refractivity contribution in [1.82, 2.24) is 5.32 Å². The highest BCUT2D eigenvalue weighted by Crippen LogP contribution is 2.14. The van der Waals surface area contributed by atoms with Gasteiger partial charge in [-0.15, -0.1) is 0 Å². The van der Waals surface area contributed by atoms with Gasteiger partial charge in [-0.25, -0.2) is 0 Å². The van der Waals surface area contributed by atoms with Crippen LogP contribution in [-0.2, 0) is 16.6 Å². The molecule has 0 spiro atoms. The second kappa shape index (κ2) is 7.81. The molecule has 0 aromatic heterocycles. The van der Waals surface area contributed by atoms with Gasteiger partial charge in [-0.05, 0) is 39.3 Å². The van der Waals surface area contributed by atoms with Crippen molar-refractivity contribution >= 4 is 10.8 Å². The molecule has 0 bridgehead atoms. The Morgan fingerprint density at radius 3 is 2.26 bits per heavy atom. The van der Waals surface area contributed by atoms with E-state index in [9.17, 15) is 4.21 Å². The molecule has 1 N–H and O–H groups in total. The summed E-state index contributed by atoms with van der Waals surface area (Å²) >= 11 is 0. The molecule has 1 aromatic rings. The Labute approximate surface area is 120 Å². The highest BCUT2D eigenvalue weighted by molar-refractivity contribution is 7.84. The van der Waals surface area contributed by atoms with Crippen LogP contribution in [0.1, 0.15) is 43.9 Å². The molecule has 3 heteroatoms. The summed E-state index contributed by atoms with van der Waals surface area (Å²) in [4.78, 5) is 0. The molecule has 0 aliphatic heterocycles. The van der Waals surface area contributed by atoms with Gasteiger partial charge in [-0.3, -0.25) is 4.21 Å². The summed E-state index contributed by atoms with van der Waals surface area (Å²) in [5.74, 6) is 0.669. The summed E-state index contributed by atoms with van der Waals surface area (Å²) < 4.78 is 12.4. The zero-order valence-electron chi connectivity index (χ0n) is 12.8. The van der Waals surface area contributed by atoms with Crippen LogP contribution in [0.5, 0.6) is 0 Å². The molecule has 0 saturated heterocycles. The molecule has 108 valence electrons. The van der Waals surface area contributed by atoms with Crippen LogP contribution in [0.4, 0.5) is 0 Å². The average Bonchev–Trinajstić information content (AvgIpc) is 2.27. The van der Waals surface area contributed by atoms with E-state index in [-0.39, 0.29) is 5.25 Å². The monoisotopic (exact) mass is 281 g/mol. The number of benzene rings is 1. The van der Waals surface area contributed by atoms with Crippen LogP contribution in [0.15, 0.2) is 18.2 Å². The minimum absolute atomic E-state index is 0.231. The minimum Gasteiger partial charge on any atom is -0.314 e. The molecule has 0 amide bonds. The van der Waals surface area contributed by atoms with E-state index in [1.54, 1.807) is 0 Å². The lowest BCUT2D eigenvalue weighted by atomic mass is 10.1. The van der Waals surface area contributed by atoms with Gasteiger partial charge in [-0.1, -0.05) is 43.2 Å². The lowest BCUT2D eigenvalue weighted by Crippen LogP contribution is -2.30. The van der Waals surface area contributed by atoms with Gasteiger partial charge >= 0.3 is 0 Å². The predicted octanol–water partition coefficient (Wildman–Crippen LogP) is 3.33. The quantitative estimate of drug-likeness (QED) is 0.830. The van der Waals surface area contributed by atoms with Gasteiger partial charge in [0.1, 0.15) is 0 Å². The van der Waals surface area contributed by atoms with Crippen LogP contribution >= 0.6 is 0 Å². The molecule has 0 heterocycles. The summed E-state index contributed by atoms with van der Waals surface area (Å²) in [5.41, 5.74) is 3.69. The van der Waals surface area contributed by atoms with E-state index in [2.05, 4.69) is 58.1 Å². The molecule has 3 atom stereocenters. The zero-order chi connectivity index (χ0) is 14.4. The number of rotatable bonds is 7. The summed E-state index contributed by atoms with van der Waals surface area (Å²) in [7, 11) is -0.796. The Balaban J connectivity index is 2.58. The first-order valence-corrected chi connectivity index (χ1v) is 8.48. The molecule has 19 heavy (non-hydrogen) atoms. The van der Waals surface area contributed by atoms with Crippen LogP contribution in [0.3, 0.4) is 0 Å². The van der Waals surface area contributed by atoms with Crippen molar-refractivity contribution < 1.29 is 4.21 Å². The van der Waals surface area contributed by atoms with E-state index in [1.807, 2.05) is 0 Å². The number of hydrogen-bond donors (Lipinski definition) is 1. The van der Waals surface area contributed by atoms with Crippen molar-refractivity contribution in [3.63, 3.8) is 0 Å². The van der Waals surface area contributed by atoms with Crippen LogP contribution in [0, 0.1) is 13.8 Å². The average molecular weight is 281 g/mol. The van der Waals surface area contributed by atoms with Crippen molar-refractivity contribution in [2.45, 2.75) is 58.1 Å². The normalized spacial score (nSPS) is 16.1. The second-order valence-electron chi connectivity index (χ2n) is 5.53. The van der Waals surface area contributed by atoms with E-state index < -0.39 is 10.8 Å². The van der Waals surface area contributed by atoms with Gasteiger partial charge in [0.25, 0.3) is 0 Å². The molecule has 0 fully saturated rings. The maximum absolute atomic E-state index is 12.4. The molecule has 0 radical (unpaired) electrons. The maximum atomic E-state index is 12.4. The summed E-state index contributed by atoms with van der Waals surface area (Å²) in [5, 5.41) is 3.61. The van der Waals surface area contributed by atoms with Crippen LogP contribution in [-0.4, -0.2) is 22.0 Å². The van der Waals surface area contributed by atoms with Gasteiger partial charge in [0, 0.05) is 27.8 Å². The molecular formula is C16H27NOS. The van der Waals surface area contributed by atoms with E-state index in [0.717, 1.165) is 13.0 Å². The summed E-state index contributed by atoms with van der Waals surface area (Å²) in [6.45, 7) is 11.5. The number of aryl methyl sites for hydroxylation is 2. The number of nitrogens with one attached hydrogen (secondary N) is 1. The first-order chi connectivity index (χ1) is 8.92. The fourth-order valence-corrected chi connectivity index (χ4v) is 3.78. The van der Waals surface area contributed by atoms with Gasteiger partial charge in [0.2, 0.25) is 0 Å². The van der Waals surface area contributed by atoms with Gasteiger partial charge in [0.15, 0.2) is 0 Å². The smallest absolute Gasteiger partial charge is 0.0488 e. The van der Waals surface area contributed by atoms with Crippen molar-refractivity contribution in [3.8, 4) is 0 Å². The topological polar surface area (TPSA) is 29.1 Å². The maximum Gasteiger partial charge on any atom is 0.0488 e. The van der Waals surface area contributed by atoms with Crippen LogP contribution in [0.25, 0.3) is 0 Å². The predicted molar refractivity (Wildman–Crippen MR) is 85.0 cm³/mol. The molecule has 1 aromatic carbocycles. The third-order valence-corrected chi connectivity index (χ3v) is 4.99. The first kappa shape index (κ1) is 16.4. The fourth-order valence-electron chi connectivity index (χ4n) is 2.50. The third-order valence-electron chi connectivity index (χ3n) is 3.28. The molecule has 0 aliphatic carbocycles. The number of hydrogen-bond acceptors (Lipinski definition) is 2. The highest BCUT2D eigenvalue weighted by atomic mass is 32.2. The molecule has 0 aliphatic rings. The molecule has 2 nitrogen and oxygen atoms in total. The van der Waals surface area contributed by atoms with Crippen LogP contribution in [0.2, 0.25) is 0 Å². The summed E-state index contributed by atoms with van der Waals surface area (Å²) in [6.07, 6.45) is 0.964. The van der Waals surface area contributed by atoms with E-state index in [1.165, 1.54) is 16.7 Å². The Hall–Kier alpha value is -0.670. The molecule has 0 saturated carbocycles. The van der Waals surface area contributed by atoms with E-state index >= 15 is 0 Å². The third kappa shape index (κ3) is 5.87. The van der Waals surface area contributed by atoms with Gasteiger partial charge in [0.05, 0.1) is 0 Å². The Bertz CT molecular complexity index is 411. The lowest BCUT2D eigenvalue weighted by Gasteiger charge is -2.18. The largest absolute Gasteiger partial charge is 0.314 e. The Morgan fingerprint density at radius 2 is 1.74 bits per heavy atom. The van der Waals surface area contributed by atoms with Crippen molar-refractivity contribution in [2.75, 3.05) is 6.54 Å². The zero-order valence-corrected chi connectivity index (χ0v) is 13.6. The Kier molecular flexibility index (Phi) is 6.73. The minimum atomic E-state index is -0.796. The van der Waals surface area contributed by atoms with E-state index in [0.29, 0.717) is 11.8 Å². The van der Waals surface area contributed by atoms with Crippen LogP contribution < -0.4 is 5.32 Å². The van der Waals surface area contributed by atoms with Gasteiger partial charge in [-0.2, -0.15) is 0 Å².